The van der Waals surface area contributed by atoms with Gasteiger partial charge in [-0.05, 0) is 25.2 Å². The summed E-state index contributed by atoms with van der Waals surface area (Å²) in [5.74, 6) is 0.382. The maximum Gasteiger partial charge on any atom is 0.177 e. The molecular formula is C18H28O5. The highest BCUT2D eigenvalue weighted by Crippen LogP contribution is 2.80. The molecule has 6 atom stereocenters. The lowest BCUT2D eigenvalue weighted by Gasteiger charge is -2.48. The van der Waals surface area contributed by atoms with Crippen LogP contribution in [0.3, 0.4) is 0 Å². The summed E-state index contributed by atoms with van der Waals surface area (Å²) in [7, 11) is 1.68. The first-order valence-electron chi connectivity index (χ1n) is 8.99. The quantitative estimate of drug-likeness (QED) is 0.589. The van der Waals surface area contributed by atoms with Crippen molar-refractivity contribution in [3.8, 4) is 0 Å². The van der Waals surface area contributed by atoms with Gasteiger partial charge >= 0.3 is 0 Å². The molecule has 0 bridgehead atoms. The first-order valence-corrected chi connectivity index (χ1v) is 8.99. The second-order valence-corrected chi connectivity index (χ2v) is 8.91. The average molecular weight is 324 g/mol. The molecule has 3 aliphatic carbocycles. The molecule has 23 heavy (non-hydrogen) atoms. The SMILES string of the molecule is COCO[C@@H]1CC[C@]23O[C@H]2[C@H]2CC(C)(C)C4(OCCO4)[C@H]2[C@]13C. The molecule has 2 spiro atoms. The molecule has 2 saturated heterocycles. The van der Waals surface area contributed by atoms with Crippen LogP contribution in [0.5, 0.6) is 0 Å². The molecule has 130 valence electrons. The van der Waals surface area contributed by atoms with E-state index in [1.807, 2.05) is 0 Å². The Morgan fingerprint density at radius 3 is 2.57 bits per heavy atom. The standard InChI is InChI=1S/C18H28O5/c1-15(2)9-11-13(18(15)21-7-8-22-18)16(3)12(20-10-19-4)5-6-17(16)14(11)23-17/h11-14H,5-10H2,1-4H3/t11-,12+,13+,14-,16-,17-/m0/s1. The summed E-state index contributed by atoms with van der Waals surface area (Å²) in [4.78, 5) is 0. The van der Waals surface area contributed by atoms with E-state index in [-0.39, 0.29) is 22.5 Å². The van der Waals surface area contributed by atoms with Gasteiger partial charge in [0.25, 0.3) is 0 Å². The summed E-state index contributed by atoms with van der Waals surface area (Å²) in [5, 5.41) is 0. The third-order valence-corrected chi connectivity index (χ3v) is 7.76. The van der Waals surface area contributed by atoms with Crippen molar-refractivity contribution in [1.82, 2.24) is 0 Å². The third kappa shape index (κ3) is 1.45. The molecule has 5 nitrogen and oxygen atoms in total. The van der Waals surface area contributed by atoms with Crippen molar-refractivity contribution in [3.63, 3.8) is 0 Å². The molecule has 0 unspecified atom stereocenters. The topological polar surface area (TPSA) is 49.5 Å². The van der Waals surface area contributed by atoms with Crippen LogP contribution < -0.4 is 0 Å². The van der Waals surface area contributed by atoms with Gasteiger partial charge < -0.3 is 23.7 Å². The minimum absolute atomic E-state index is 0.00828. The van der Waals surface area contributed by atoms with Crippen molar-refractivity contribution in [2.45, 2.75) is 63.6 Å². The fourth-order valence-corrected chi connectivity index (χ4v) is 6.99. The molecule has 3 saturated carbocycles. The van der Waals surface area contributed by atoms with E-state index in [0.29, 0.717) is 37.9 Å². The Morgan fingerprint density at radius 2 is 1.87 bits per heavy atom. The highest BCUT2D eigenvalue weighted by atomic mass is 16.7. The number of rotatable bonds is 3. The zero-order valence-electron chi connectivity index (χ0n) is 14.6. The van der Waals surface area contributed by atoms with Crippen LogP contribution in [0.4, 0.5) is 0 Å². The molecule has 0 amide bonds. The second-order valence-electron chi connectivity index (χ2n) is 8.91. The minimum atomic E-state index is -0.477. The molecular weight excluding hydrogens is 296 g/mol. The van der Waals surface area contributed by atoms with Gasteiger partial charge in [-0.3, -0.25) is 0 Å². The predicted octanol–water partition coefficient (Wildman–Crippen LogP) is 2.33. The van der Waals surface area contributed by atoms with Crippen molar-refractivity contribution in [1.29, 1.82) is 0 Å². The Labute approximate surface area is 137 Å². The van der Waals surface area contributed by atoms with E-state index in [9.17, 15) is 0 Å². The number of hydrogen-bond donors (Lipinski definition) is 0. The van der Waals surface area contributed by atoms with Crippen molar-refractivity contribution in [2.24, 2.45) is 22.7 Å². The number of epoxide rings is 1. The molecule has 2 heterocycles. The van der Waals surface area contributed by atoms with Gasteiger partial charge in [0.05, 0.1) is 25.4 Å². The Morgan fingerprint density at radius 1 is 1.13 bits per heavy atom. The average Bonchev–Trinajstić information content (AvgIpc) is 2.76. The van der Waals surface area contributed by atoms with E-state index in [2.05, 4.69) is 20.8 Å². The van der Waals surface area contributed by atoms with Crippen LogP contribution in [0.25, 0.3) is 0 Å². The lowest BCUT2D eigenvalue weighted by Crippen LogP contribution is -2.56. The van der Waals surface area contributed by atoms with E-state index >= 15 is 0 Å². The first kappa shape index (κ1) is 15.1. The monoisotopic (exact) mass is 324 g/mol. The highest BCUT2D eigenvalue weighted by Gasteiger charge is 2.89. The lowest BCUT2D eigenvalue weighted by molar-refractivity contribution is -0.273. The molecule has 0 aromatic carbocycles. The zero-order valence-corrected chi connectivity index (χ0v) is 14.6. The van der Waals surface area contributed by atoms with Gasteiger partial charge in [-0.2, -0.15) is 0 Å². The Kier molecular flexibility index (Phi) is 2.82. The van der Waals surface area contributed by atoms with E-state index in [4.69, 9.17) is 23.7 Å². The van der Waals surface area contributed by atoms with Gasteiger partial charge in [-0.25, -0.2) is 0 Å². The molecule has 0 aromatic rings. The smallest absolute Gasteiger partial charge is 0.177 e. The predicted molar refractivity (Wildman–Crippen MR) is 81.7 cm³/mol. The van der Waals surface area contributed by atoms with E-state index in [1.165, 1.54) is 0 Å². The largest absolute Gasteiger partial charge is 0.365 e. The molecule has 0 N–H and O–H groups in total. The van der Waals surface area contributed by atoms with Crippen LogP contribution in [0.15, 0.2) is 0 Å². The van der Waals surface area contributed by atoms with Crippen LogP contribution in [-0.4, -0.2) is 50.7 Å². The lowest BCUT2D eigenvalue weighted by atomic mass is 9.66. The van der Waals surface area contributed by atoms with Crippen LogP contribution in [0.2, 0.25) is 0 Å². The number of ether oxygens (including phenoxy) is 5. The van der Waals surface area contributed by atoms with Crippen LogP contribution >= 0.6 is 0 Å². The first-order chi connectivity index (χ1) is 10.9. The van der Waals surface area contributed by atoms with Gasteiger partial charge in [-0.1, -0.05) is 20.8 Å². The van der Waals surface area contributed by atoms with Gasteiger partial charge in [0, 0.05) is 23.9 Å². The summed E-state index contributed by atoms with van der Waals surface area (Å²) in [6, 6.07) is 0. The molecule has 5 heteroatoms. The normalized spacial score (nSPS) is 54.3. The number of methoxy groups -OCH3 is 1. The Balaban J connectivity index is 1.59. The molecule has 5 rings (SSSR count). The fraction of sp³-hybridized carbons (Fsp3) is 1.00. The fourth-order valence-electron chi connectivity index (χ4n) is 6.99. The number of fused-ring (bicyclic) bond motifs is 4. The van der Waals surface area contributed by atoms with E-state index in [1.54, 1.807) is 7.11 Å². The van der Waals surface area contributed by atoms with Gasteiger partial charge in [-0.15, -0.1) is 0 Å². The maximum atomic E-state index is 6.36. The second kappa shape index (κ2) is 4.31. The van der Waals surface area contributed by atoms with Crippen molar-refractivity contribution in [3.05, 3.63) is 0 Å². The van der Waals surface area contributed by atoms with Crippen molar-refractivity contribution >= 4 is 0 Å². The van der Waals surface area contributed by atoms with Crippen LogP contribution in [-0.2, 0) is 23.7 Å². The van der Waals surface area contributed by atoms with Crippen LogP contribution in [0.1, 0.15) is 40.0 Å². The van der Waals surface area contributed by atoms with E-state index < -0.39 is 5.79 Å². The van der Waals surface area contributed by atoms with Gasteiger partial charge in [0.1, 0.15) is 12.4 Å². The summed E-state index contributed by atoms with van der Waals surface area (Å²) < 4.78 is 30.4. The van der Waals surface area contributed by atoms with Crippen molar-refractivity contribution < 1.29 is 23.7 Å². The molecule has 0 radical (unpaired) electrons. The van der Waals surface area contributed by atoms with Crippen LogP contribution in [0, 0.1) is 22.7 Å². The Bertz CT molecular complexity index is 528. The van der Waals surface area contributed by atoms with Gasteiger partial charge in [0.15, 0.2) is 5.79 Å². The minimum Gasteiger partial charge on any atom is -0.365 e. The summed E-state index contributed by atoms with van der Waals surface area (Å²) in [6.45, 7) is 8.69. The van der Waals surface area contributed by atoms with Crippen molar-refractivity contribution in [2.75, 3.05) is 27.1 Å². The molecule has 5 aliphatic rings. The van der Waals surface area contributed by atoms with Gasteiger partial charge in [0.2, 0.25) is 0 Å². The summed E-state index contributed by atoms with van der Waals surface area (Å²) >= 11 is 0. The zero-order chi connectivity index (χ0) is 16.1. The van der Waals surface area contributed by atoms with E-state index in [0.717, 1.165) is 19.3 Å². The molecule has 0 aromatic heterocycles. The summed E-state index contributed by atoms with van der Waals surface area (Å²) in [5.41, 5.74) is -0.0626. The Hall–Kier alpha value is -0.200. The molecule has 5 fully saturated rings. The molecule has 2 aliphatic heterocycles. The highest BCUT2D eigenvalue weighted by molar-refractivity contribution is 5.34. The maximum absolute atomic E-state index is 6.36. The number of hydrogen-bond acceptors (Lipinski definition) is 5. The third-order valence-electron chi connectivity index (χ3n) is 7.76. The summed E-state index contributed by atoms with van der Waals surface area (Å²) in [6.07, 6.45) is 3.75.